The monoisotopic (exact) mass is 431 g/mol. The second-order valence-corrected chi connectivity index (χ2v) is 9.93. The lowest BCUT2D eigenvalue weighted by atomic mass is 10.0. The highest BCUT2D eigenvalue weighted by Gasteiger charge is 2.43. The van der Waals surface area contributed by atoms with Gasteiger partial charge in [0.1, 0.15) is 6.04 Å². The van der Waals surface area contributed by atoms with Crippen LogP contribution in [0.3, 0.4) is 0 Å². The van der Waals surface area contributed by atoms with E-state index in [2.05, 4.69) is 10.0 Å². The molecule has 0 aliphatic carbocycles. The minimum absolute atomic E-state index is 0.163. The van der Waals surface area contributed by atoms with E-state index < -0.39 is 22.1 Å². The number of hydrogen-bond donors (Lipinski definition) is 2. The van der Waals surface area contributed by atoms with E-state index in [9.17, 15) is 18.0 Å². The van der Waals surface area contributed by atoms with Crippen LogP contribution in [0.25, 0.3) is 11.1 Å². The Morgan fingerprint density at radius 2 is 1.79 bits per heavy atom. The highest BCUT2D eigenvalue weighted by Crippen LogP contribution is 2.32. The molecule has 4 rings (SSSR count). The molecule has 7 nitrogen and oxygen atoms in total. The largest absolute Gasteiger partial charge is 0.325 e. The van der Waals surface area contributed by atoms with Gasteiger partial charge in [-0.1, -0.05) is 18.2 Å². The predicted molar refractivity (Wildman–Crippen MR) is 113 cm³/mol. The molecule has 0 bridgehead atoms. The van der Waals surface area contributed by atoms with Crippen molar-refractivity contribution in [2.75, 3.05) is 24.4 Å². The number of rotatable bonds is 4. The Hall–Kier alpha value is -2.36. The number of fused-ring (bicyclic) bond motifs is 2. The minimum Gasteiger partial charge on any atom is -0.325 e. The van der Waals surface area contributed by atoms with Gasteiger partial charge in [-0.15, -0.1) is 11.8 Å². The summed E-state index contributed by atoms with van der Waals surface area (Å²) in [6.45, 7) is 0.163. The molecule has 1 saturated heterocycles. The van der Waals surface area contributed by atoms with Gasteiger partial charge < -0.3 is 10.2 Å². The molecule has 2 N–H and O–H groups in total. The molecule has 1 fully saturated rings. The third-order valence-corrected chi connectivity index (χ3v) is 6.68. The molecule has 0 spiro atoms. The molecule has 2 aromatic carbocycles. The molecule has 2 aromatic rings. The van der Waals surface area contributed by atoms with Crippen LogP contribution in [0.1, 0.15) is 16.8 Å². The van der Waals surface area contributed by atoms with Crippen molar-refractivity contribution in [3.8, 4) is 11.1 Å². The zero-order valence-corrected chi connectivity index (χ0v) is 17.6. The predicted octanol–water partition coefficient (Wildman–Crippen LogP) is 2.16. The van der Waals surface area contributed by atoms with Gasteiger partial charge in [-0.05, 0) is 48.1 Å². The number of benzene rings is 2. The zero-order valence-electron chi connectivity index (χ0n) is 16.0. The fourth-order valence-corrected chi connectivity index (χ4v) is 5.05. The Morgan fingerprint density at radius 1 is 1.10 bits per heavy atom. The first-order chi connectivity index (χ1) is 13.7. The number of amides is 2. The van der Waals surface area contributed by atoms with Crippen molar-refractivity contribution in [3.63, 3.8) is 0 Å². The summed E-state index contributed by atoms with van der Waals surface area (Å²) in [5, 5.41) is 2.82. The van der Waals surface area contributed by atoms with Crippen molar-refractivity contribution in [2.24, 2.45) is 0 Å². The van der Waals surface area contributed by atoms with Crippen LogP contribution in [0.4, 0.5) is 5.69 Å². The number of nitrogens with one attached hydrogen (secondary N) is 2. The molecule has 29 heavy (non-hydrogen) atoms. The van der Waals surface area contributed by atoms with Crippen LogP contribution in [0.15, 0.2) is 47.4 Å². The van der Waals surface area contributed by atoms with Crippen molar-refractivity contribution in [1.29, 1.82) is 0 Å². The molecule has 0 aromatic heterocycles. The maximum Gasteiger partial charge on any atom is 0.256 e. The molecule has 2 atom stereocenters. The molecule has 0 unspecified atom stereocenters. The average molecular weight is 432 g/mol. The van der Waals surface area contributed by atoms with E-state index in [0.29, 0.717) is 11.3 Å². The molecule has 2 aliphatic heterocycles. The van der Waals surface area contributed by atoms with Gasteiger partial charge in [0.2, 0.25) is 15.9 Å². The van der Waals surface area contributed by atoms with E-state index in [0.717, 1.165) is 22.3 Å². The number of anilines is 1. The molecule has 2 aliphatic rings. The van der Waals surface area contributed by atoms with E-state index in [1.165, 1.54) is 4.90 Å². The molecule has 2 amide bonds. The van der Waals surface area contributed by atoms with Crippen LogP contribution in [-0.2, 0) is 14.8 Å². The minimum atomic E-state index is -3.42. The van der Waals surface area contributed by atoms with Crippen LogP contribution in [0, 0.1) is 0 Å². The Morgan fingerprint density at radius 3 is 2.45 bits per heavy atom. The van der Waals surface area contributed by atoms with Gasteiger partial charge in [0.15, 0.2) is 0 Å². The van der Waals surface area contributed by atoms with E-state index in [4.69, 9.17) is 0 Å². The summed E-state index contributed by atoms with van der Waals surface area (Å²) in [6.07, 6.45) is 3.33. The highest BCUT2D eigenvalue weighted by molar-refractivity contribution is 7.98. The van der Waals surface area contributed by atoms with Gasteiger partial charge in [-0.3, -0.25) is 9.59 Å². The Bertz CT molecular complexity index is 1080. The summed E-state index contributed by atoms with van der Waals surface area (Å²) in [5.74, 6) is -0.573. The Kier molecular flexibility index (Phi) is 5.14. The second-order valence-electron chi connectivity index (χ2n) is 7.27. The fourth-order valence-electron chi connectivity index (χ4n) is 3.86. The zero-order chi connectivity index (χ0) is 20.8. The molecular weight excluding hydrogens is 410 g/mol. The Labute approximate surface area is 173 Å². The van der Waals surface area contributed by atoms with Gasteiger partial charge in [-0.25, -0.2) is 13.1 Å². The second kappa shape index (κ2) is 7.47. The van der Waals surface area contributed by atoms with E-state index >= 15 is 0 Å². The van der Waals surface area contributed by atoms with Crippen LogP contribution in [-0.4, -0.2) is 56.3 Å². The topological polar surface area (TPSA) is 95.6 Å². The quantitative estimate of drug-likeness (QED) is 0.724. The van der Waals surface area contributed by atoms with Gasteiger partial charge >= 0.3 is 0 Å². The third kappa shape index (κ3) is 4.03. The molecule has 2 heterocycles. The van der Waals surface area contributed by atoms with Gasteiger partial charge in [0.05, 0.1) is 17.5 Å². The van der Waals surface area contributed by atoms with Crippen LogP contribution in [0.2, 0.25) is 0 Å². The molecule has 152 valence electrons. The average Bonchev–Trinajstić information content (AvgIpc) is 3.06. The number of nitrogens with zero attached hydrogens (tertiary/aromatic N) is 1. The molecule has 0 saturated carbocycles. The molecule has 0 radical (unpaired) electrons. The lowest BCUT2D eigenvalue weighted by molar-refractivity contribution is -0.119. The van der Waals surface area contributed by atoms with Gasteiger partial charge in [0.25, 0.3) is 5.91 Å². The van der Waals surface area contributed by atoms with Crippen molar-refractivity contribution < 1.29 is 18.0 Å². The SMILES string of the molecule is CSc1ccc(-c2ccc3c(c2)C(=O)N2C[C@@H](NS(C)(=O)=O)C[C@H]2C(=O)N3)cc1. The summed E-state index contributed by atoms with van der Waals surface area (Å²) >= 11 is 1.66. The Balaban J connectivity index is 1.67. The number of sulfonamides is 1. The van der Waals surface area contributed by atoms with Crippen molar-refractivity contribution in [1.82, 2.24) is 9.62 Å². The van der Waals surface area contributed by atoms with Crippen LogP contribution in [0.5, 0.6) is 0 Å². The van der Waals surface area contributed by atoms with Gasteiger partial charge in [0, 0.05) is 17.5 Å². The highest BCUT2D eigenvalue weighted by atomic mass is 32.2. The maximum atomic E-state index is 13.2. The molecular formula is C20H21N3O4S2. The number of hydrogen-bond acceptors (Lipinski definition) is 5. The first-order valence-corrected chi connectivity index (χ1v) is 12.2. The van der Waals surface area contributed by atoms with Crippen molar-refractivity contribution >= 4 is 39.3 Å². The normalized spacial score (nSPS) is 21.4. The first kappa shape index (κ1) is 19.9. The standard InChI is InChI=1S/C20H21N3O4S2/c1-28-15-6-3-12(4-7-15)13-5-8-17-16(9-13)20(25)23-11-14(22-29(2,26)27)10-18(23)19(24)21-17/h3-9,14,18,22H,10-11H2,1-2H3,(H,21,24)/t14-,18-/m0/s1. The summed E-state index contributed by atoms with van der Waals surface area (Å²) in [7, 11) is -3.42. The number of carbonyl (C=O) groups is 2. The summed E-state index contributed by atoms with van der Waals surface area (Å²) in [4.78, 5) is 28.5. The number of thioether (sulfide) groups is 1. The molecule has 9 heteroatoms. The summed E-state index contributed by atoms with van der Waals surface area (Å²) in [6, 6.07) is 12.3. The summed E-state index contributed by atoms with van der Waals surface area (Å²) < 4.78 is 25.6. The van der Waals surface area contributed by atoms with E-state index in [-0.39, 0.29) is 24.8 Å². The van der Waals surface area contributed by atoms with E-state index in [1.807, 2.05) is 36.6 Å². The smallest absolute Gasteiger partial charge is 0.256 e. The number of carbonyl (C=O) groups excluding carboxylic acids is 2. The van der Waals surface area contributed by atoms with Crippen LogP contribution >= 0.6 is 11.8 Å². The van der Waals surface area contributed by atoms with Crippen molar-refractivity contribution in [2.45, 2.75) is 23.4 Å². The van der Waals surface area contributed by atoms with Crippen molar-refractivity contribution in [3.05, 3.63) is 48.0 Å². The lowest BCUT2D eigenvalue weighted by Crippen LogP contribution is -2.41. The third-order valence-electron chi connectivity index (χ3n) is 5.18. The van der Waals surface area contributed by atoms with Gasteiger partial charge in [-0.2, -0.15) is 0 Å². The maximum absolute atomic E-state index is 13.2. The summed E-state index contributed by atoms with van der Waals surface area (Å²) in [5.41, 5.74) is 2.74. The van der Waals surface area contributed by atoms with E-state index in [1.54, 1.807) is 23.9 Å². The lowest BCUT2D eigenvalue weighted by Gasteiger charge is -2.20. The fraction of sp³-hybridized carbons (Fsp3) is 0.300. The van der Waals surface area contributed by atoms with Crippen LogP contribution < -0.4 is 10.0 Å². The first-order valence-electron chi connectivity index (χ1n) is 9.13.